The minimum Gasteiger partial charge on any atom is -0.494 e. The summed E-state index contributed by atoms with van der Waals surface area (Å²) in [4.78, 5) is 0. The number of halogens is 1. The normalized spacial score (nSPS) is 17.1. The van der Waals surface area contributed by atoms with Crippen LogP contribution in [0.5, 0.6) is 5.75 Å². The molecule has 0 unspecified atom stereocenters. The number of ether oxygens (including phenoxy) is 2. The molecule has 0 bridgehead atoms. The fraction of sp³-hybridized carbons (Fsp3) is 0.500. The van der Waals surface area contributed by atoms with Crippen LogP contribution in [0.4, 0.5) is 5.13 Å². The van der Waals surface area contributed by atoms with E-state index in [4.69, 9.17) is 21.1 Å². The molecule has 24 heavy (non-hydrogen) atoms. The Morgan fingerprint density at radius 1 is 1.33 bits per heavy atom. The van der Waals surface area contributed by atoms with Gasteiger partial charge in [-0.05, 0) is 43.5 Å². The lowest BCUT2D eigenvalue weighted by Gasteiger charge is -2.08. The largest absolute Gasteiger partial charge is 0.494 e. The van der Waals surface area contributed by atoms with Gasteiger partial charge in [0.15, 0.2) is 4.34 Å². The first kappa shape index (κ1) is 17.8. The predicted octanol–water partition coefficient (Wildman–Crippen LogP) is 4.34. The van der Waals surface area contributed by atoms with Crippen molar-refractivity contribution in [3.63, 3.8) is 0 Å². The first-order valence-corrected chi connectivity index (χ1v) is 10.2. The van der Waals surface area contributed by atoms with Gasteiger partial charge in [-0.2, -0.15) is 0 Å². The summed E-state index contributed by atoms with van der Waals surface area (Å²) in [6.07, 6.45) is 3.55. The minimum atomic E-state index is 0.315. The molecule has 1 fully saturated rings. The average Bonchev–Trinajstić information content (AvgIpc) is 3.26. The molecule has 1 aromatic carbocycles. The van der Waals surface area contributed by atoms with Crippen LogP contribution in [0.25, 0.3) is 0 Å². The van der Waals surface area contributed by atoms with Gasteiger partial charge in [0.05, 0.1) is 12.7 Å². The van der Waals surface area contributed by atoms with Crippen molar-refractivity contribution in [2.45, 2.75) is 29.7 Å². The van der Waals surface area contributed by atoms with E-state index >= 15 is 0 Å². The number of rotatable bonds is 9. The van der Waals surface area contributed by atoms with Gasteiger partial charge in [-0.1, -0.05) is 34.7 Å². The topological polar surface area (TPSA) is 56.3 Å². The molecule has 0 saturated carbocycles. The Bertz CT molecular complexity index is 618. The molecule has 1 saturated heterocycles. The van der Waals surface area contributed by atoms with Crippen molar-refractivity contribution in [2.24, 2.45) is 0 Å². The first-order valence-electron chi connectivity index (χ1n) is 8.00. The lowest BCUT2D eigenvalue weighted by molar-refractivity contribution is 0.120. The van der Waals surface area contributed by atoms with E-state index in [1.54, 1.807) is 23.1 Å². The number of aromatic nitrogens is 2. The summed E-state index contributed by atoms with van der Waals surface area (Å²) < 4.78 is 12.2. The molecule has 0 amide bonds. The minimum absolute atomic E-state index is 0.315. The Morgan fingerprint density at radius 3 is 3.00 bits per heavy atom. The molecule has 2 heterocycles. The Balaban J connectivity index is 1.29. The maximum Gasteiger partial charge on any atom is 0.206 e. The smallest absolute Gasteiger partial charge is 0.206 e. The number of nitrogens with zero attached hydrogens (tertiary/aromatic N) is 2. The molecule has 1 aliphatic rings. The maximum absolute atomic E-state index is 5.84. The van der Waals surface area contributed by atoms with Crippen LogP contribution in [0.3, 0.4) is 0 Å². The molecule has 1 N–H and O–H groups in total. The van der Waals surface area contributed by atoms with E-state index in [0.29, 0.717) is 12.7 Å². The zero-order chi connectivity index (χ0) is 16.6. The third-order valence-corrected chi connectivity index (χ3v) is 5.86. The molecular formula is C16H20ClN3O2S2. The van der Waals surface area contributed by atoms with Gasteiger partial charge in [-0.3, -0.25) is 0 Å². The predicted molar refractivity (Wildman–Crippen MR) is 99.7 cm³/mol. The van der Waals surface area contributed by atoms with Crippen molar-refractivity contribution >= 4 is 39.8 Å². The fourth-order valence-electron chi connectivity index (χ4n) is 2.29. The van der Waals surface area contributed by atoms with Gasteiger partial charge in [0.25, 0.3) is 0 Å². The van der Waals surface area contributed by atoms with E-state index in [2.05, 4.69) is 15.5 Å². The van der Waals surface area contributed by atoms with Gasteiger partial charge in [-0.15, -0.1) is 10.2 Å². The summed E-state index contributed by atoms with van der Waals surface area (Å²) in [6, 6.07) is 7.43. The van der Waals surface area contributed by atoms with Gasteiger partial charge in [-0.25, -0.2) is 0 Å². The van der Waals surface area contributed by atoms with Gasteiger partial charge >= 0.3 is 0 Å². The highest BCUT2D eigenvalue weighted by molar-refractivity contribution is 8.01. The van der Waals surface area contributed by atoms with Crippen LogP contribution in [0.1, 0.15) is 19.3 Å². The summed E-state index contributed by atoms with van der Waals surface area (Å²) in [7, 11) is 0. The molecule has 0 aliphatic carbocycles. The second-order valence-electron chi connectivity index (χ2n) is 5.39. The Labute approximate surface area is 155 Å². The highest BCUT2D eigenvalue weighted by Crippen LogP contribution is 2.26. The summed E-state index contributed by atoms with van der Waals surface area (Å²) in [5.74, 6) is 1.80. The zero-order valence-corrected chi connectivity index (χ0v) is 15.6. The second kappa shape index (κ2) is 9.46. The van der Waals surface area contributed by atoms with Gasteiger partial charge < -0.3 is 14.8 Å². The highest BCUT2D eigenvalue weighted by Gasteiger charge is 2.15. The molecule has 130 valence electrons. The summed E-state index contributed by atoms with van der Waals surface area (Å²) in [5.41, 5.74) is 0. The lowest BCUT2D eigenvalue weighted by atomic mass is 10.2. The number of hydrogen-bond donors (Lipinski definition) is 1. The number of thioether (sulfide) groups is 1. The number of benzene rings is 1. The van der Waals surface area contributed by atoms with Crippen LogP contribution in [0, 0.1) is 0 Å². The summed E-state index contributed by atoms with van der Waals surface area (Å²) in [6.45, 7) is 2.37. The number of nitrogens with one attached hydrogen (secondary N) is 1. The third kappa shape index (κ3) is 5.81. The number of anilines is 1. The van der Waals surface area contributed by atoms with Gasteiger partial charge in [0.2, 0.25) is 5.13 Å². The molecule has 1 aliphatic heterocycles. The molecule has 1 aromatic heterocycles. The first-order chi connectivity index (χ1) is 11.8. The SMILES string of the molecule is Clc1ccc(OCCCSc2nnc(NC[C@H]3CCCO3)s2)cc1. The van der Waals surface area contributed by atoms with E-state index in [1.165, 1.54) is 0 Å². The fourth-order valence-corrected chi connectivity index (χ4v) is 4.15. The van der Waals surface area contributed by atoms with E-state index in [0.717, 1.165) is 58.4 Å². The average molecular weight is 386 g/mol. The second-order valence-corrected chi connectivity index (χ2v) is 8.15. The standard InChI is InChI=1S/C16H20ClN3O2S2/c17-12-4-6-13(7-5-12)21-9-2-10-23-16-20-19-15(24-16)18-11-14-3-1-8-22-14/h4-7,14H,1-3,8-11H2,(H,18,19)/t14-/m1/s1. The molecule has 2 aromatic rings. The van der Waals surface area contributed by atoms with Crippen LogP contribution in [0.2, 0.25) is 5.02 Å². The Morgan fingerprint density at radius 2 is 2.21 bits per heavy atom. The van der Waals surface area contributed by atoms with Crippen molar-refractivity contribution in [2.75, 3.05) is 30.8 Å². The van der Waals surface area contributed by atoms with E-state index < -0.39 is 0 Å². The summed E-state index contributed by atoms with van der Waals surface area (Å²) in [5, 5.41) is 13.3. The number of hydrogen-bond acceptors (Lipinski definition) is 7. The van der Waals surface area contributed by atoms with Crippen molar-refractivity contribution in [3.8, 4) is 5.75 Å². The van der Waals surface area contributed by atoms with Crippen molar-refractivity contribution < 1.29 is 9.47 Å². The van der Waals surface area contributed by atoms with E-state index in [-0.39, 0.29) is 0 Å². The summed E-state index contributed by atoms with van der Waals surface area (Å²) >= 11 is 9.14. The van der Waals surface area contributed by atoms with Crippen LogP contribution in [0.15, 0.2) is 28.6 Å². The zero-order valence-electron chi connectivity index (χ0n) is 13.2. The lowest BCUT2D eigenvalue weighted by Crippen LogP contribution is -2.18. The Hall–Kier alpha value is -1.02. The molecule has 3 rings (SSSR count). The van der Waals surface area contributed by atoms with Gasteiger partial charge in [0, 0.05) is 23.9 Å². The van der Waals surface area contributed by atoms with Crippen molar-refractivity contribution in [3.05, 3.63) is 29.3 Å². The monoisotopic (exact) mass is 385 g/mol. The molecular weight excluding hydrogens is 366 g/mol. The van der Waals surface area contributed by atoms with Crippen molar-refractivity contribution in [1.29, 1.82) is 0 Å². The van der Waals surface area contributed by atoms with Crippen LogP contribution < -0.4 is 10.1 Å². The van der Waals surface area contributed by atoms with Gasteiger partial charge in [0.1, 0.15) is 5.75 Å². The molecule has 0 spiro atoms. The highest BCUT2D eigenvalue weighted by atomic mass is 35.5. The Kier molecular flexibility index (Phi) is 7.01. The van der Waals surface area contributed by atoms with Crippen LogP contribution in [-0.2, 0) is 4.74 Å². The third-order valence-electron chi connectivity index (χ3n) is 3.51. The van der Waals surface area contributed by atoms with E-state index in [9.17, 15) is 0 Å². The maximum atomic E-state index is 5.84. The molecule has 0 radical (unpaired) electrons. The van der Waals surface area contributed by atoms with Crippen LogP contribution in [-0.4, -0.2) is 41.8 Å². The van der Waals surface area contributed by atoms with E-state index in [1.807, 2.05) is 24.3 Å². The van der Waals surface area contributed by atoms with Crippen LogP contribution >= 0.6 is 34.7 Å². The van der Waals surface area contributed by atoms with Crippen molar-refractivity contribution in [1.82, 2.24) is 10.2 Å². The quantitative estimate of drug-likeness (QED) is 0.511. The molecule has 1 atom stereocenters. The molecule has 5 nitrogen and oxygen atoms in total. The molecule has 8 heteroatoms.